The molecule has 104 valence electrons. The second-order valence-corrected chi connectivity index (χ2v) is 5.05. The van der Waals surface area contributed by atoms with Crippen LogP contribution in [0.25, 0.3) is 0 Å². The van der Waals surface area contributed by atoms with Crippen LogP contribution in [-0.2, 0) is 5.54 Å². The number of aromatic nitrogens is 2. The standard InChI is InChI=1S/C18H17N3/c1-18(15-9-4-2-5-10-15,16-11-6-3-7-12-16)21-17-19-13-8-14-20-17/h2-14H,1H3,(H,19,20,21). The first-order valence-electron chi connectivity index (χ1n) is 6.95. The van der Waals surface area contributed by atoms with Crippen molar-refractivity contribution in [2.24, 2.45) is 0 Å². The van der Waals surface area contributed by atoms with Crippen LogP contribution in [-0.4, -0.2) is 9.97 Å². The van der Waals surface area contributed by atoms with Crippen LogP contribution < -0.4 is 5.32 Å². The van der Waals surface area contributed by atoms with Crippen molar-refractivity contribution in [1.29, 1.82) is 0 Å². The Balaban J connectivity index is 2.07. The highest BCUT2D eigenvalue weighted by atomic mass is 15.1. The van der Waals surface area contributed by atoms with Gasteiger partial charge in [-0.2, -0.15) is 0 Å². The summed E-state index contributed by atoms with van der Waals surface area (Å²) >= 11 is 0. The Morgan fingerprint density at radius 2 is 1.19 bits per heavy atom. The lowest BCUT2D eigenvalue weighted by Crippen LogP contribution is -2.34. The first-order chi connectivity index (χ1) is 10.3. The molecule has 1 aromatic heterocycles. The van der Waals surface area contributed by atoms with Crippen molar-refractivity contribution in [3.05, 3.63) is 90.3 Å². The summed E-state index contributed by atoms with van der Waals surface area (Å²) in [7, 11) is 0. The van der Waals surface area contributed by atoms with E-state index in [-0.39, 0.29) is 5.54 Å². The molecule has 0 fully saturated rings. The highest BCUT2D eigenvalue weighted by Crippen LogP contribution is 2.31. The number of nitrogens with zero attached hydrogens (tertiary/aromatic N) is 2. The summed E-state index contributed by atoms with van der Waals surface area (Å²) in [6, 6.07) is 22.5. The van der Waals surface area contributed by atoms with Crippen LogP contribution in [0.4, 0.5) is 5.95 Å². The molecule has 0 spiro atoms. The average molecular weight is 275 g/mol. The predicted molar refractivity (Wildman–Crippen MR) is 85.0 cm³/mol. The van der Waals surface area contributed by atoms with Crippen LogP contribution in [0.2, 0.25) is 0 Å². The third-order valence-corrected chi connectivity index (χ3v) is 3.63. The van der Waals surface area contributed by atoms with E-state index in [2.05, 4.69) is 46.5 Å². The van der Waals surface area contributed by atoms with E-state index in [0.29, 0.717) is 5.95 Å². The molecule has 0 atom stereocenters. The second kappa shape index (κ2) is 5.75. The predicted octanol–water partition coefficient (Wildman–Crippen LogP) is 3.85. The second-order valence-electron chi connectivity index (χ2n) is 5.05. The molecule has 0 aliphatic rings. The van der Waals surface area contributed by atoms with Crippen molar-refractivity contribution < 1.29 is 0 Å². The molecule has 1 heterocycles. The molecule has 0 radical (unpaired) electrons. The molecule has 3 aromatic rings. The Morgan fingerprint density at radius 3 is 1.67 bits per heavy atom. The first kappa shape index (κ1) is 13.3. The van der Waals surface area contributed by atoms with Crippen molar-refractivity contribution in [3.8, 4) is 0 Å². The molecule has 1 N–H and O–H groups in total. The fourth-order valence-corrected chi connectivity index (χ4v) is 2.44. The van der Waals surface area contributed by atoms with Gasteiger partial charge in [0.1, 0.15) is 0 Å². The Labute approximate surface area is 124 Å². The van der Waals surface area contributed by atoms with Gasteiger partial charge < -0.3 is 5.32 Å². The van der Waals surface area contributed by atoms with Gasteiger partial charge in [-0.25, -0.2) is 9.97 Å². The summed E-state index contributed by atoms with van der Waals surface area (Å²) in [5.74, 6) is 0.618. The first-order valence-corrected chi connectivity index (χ1v) is 6.95. The zero-order valence-corrected chi connectivity index (χ0v) is 11.9. The smallest absolute Gasteiger partial charge is 0.223 e. The van der Waals surface area contributed by atoms with Crippen LogP contribution in [0.3, 0.4) is 0 Å². The molecule has 0 bridgehead atoms. The molecule has 0 amide bonds. The summed E-state index contributed by atoms with van der Waals surface area (Å²) in [5.41, 5.74) is 1.96. The van der Waals surface area contributed by atoms with Gasteiger partial charge in [0.05, 0.1) is 5.54 Å². The summed E-state index contributed by atoms with van der Waals surface area (Å²) in [6.07, 6.45) is 3.48. The summed E-state index contributed by atoms with van der Waals surface area (Å²) in [4.78, 5) is 8.59. The van der Waals surface area contributed by atoms with Crippen molar-refractivity contribution in [2.45, 2.75) is 12.5 Å². The lowest BCUT2D eigenvalue weighted by atomic mass is 9.85. The summed E-state index contributed by atoms with van der Waals surface area (Å²) in [5, 5.41) is 3.47. The van der Waals surface area contributed by atoms with Gasteiger partial charge in [0.25, 0.3) is 0 Å². The molecule has 2 aromatic carbocycles. The van der Waals surface area contributed by atoms with Gasteiger partial charge in [0.2, 0.25) is 5.95 Å². The highest BCUT2D eigenvalue weighted by molar-refractivity contribution is 5.46. The molecule has 0 saturated carbocycles. The largest absolute Gasteiger partial charge is 0.341 e. The molecule has 0 aliphatic carbocycles. The topological polar surface area (TPSA) is 37.8 Å². The highest BCUT2D eigenvalue weighted by Gasteiger charge is 2.29. The molecule has 21 heavy (non-hydrogen) atoms. The number of anilines is 1. The van der Waals surface area contributed by atoms with Gasteiger partial charge >= 0.3 is 0 Å². The fourth-order valence-electron chi connectivity index (χ4n) is 2.44. The monoisotopic (exact) mass is 275 g/mol. The number of nitrogens with one attached hydrogen (secondary N) is 1. The minimum Gasteiger partial charge on any atom is -0.341 e. The van der Waals surface area contributed by atoms with Crippen LogP contribution in [0, 0.1) is 0 Å². The molecule has 3 rings (SSSR count). The van der Waals surface area contributed by atoms with Crippen LogP contribution in [0.5, 0.6) is 0 Å². The lowest BCUT2D eigenvalue weighted by molar-refractivity contribution is 0.651. The van der Waals surface area contributed by atoms with Gasteiger partial charge in [-0.05, 0) is 24.1 Å². The minimum atomic E-state index is -0.385. The zero-order chi connectivity index (χ0) is 14.5. The molecular weight excluding hydrogens is 258 g/mol. The molecule has 3 heteroatoms. The maximum absolute atomic E-state index is 4.29. The van der Waals surface area contributed by atoms with E-state index in [1.165, 1.54) is 11.1 Å². The third-order valence-electron chi connectivity index (χ3n) is 3.63. The van der Waals surface area contributed by atoms with Gasteiger partial charge in [-0.3, -0.25) is 0 Å². The number of hydrogen-bond acceptors (Lipinski definition) is 3. The van der Waals surface area contributed by atoms with Crippen molar-refractivity contribution in [3.63, 3.8) is 0 Å². The van der Waals surface area contributed by atoms with Gasteiger partial charge in [-0.15, -0.1) is 0 Å². The number of hydrogen-bond donors (Lipinski definition) is 1. The molecule has 0 aliphatic heterocycles. The summed E-state index contributed by atoms with van der Waals surface area (Å²) < 4.78 is 0. The Hall–Kier alpha value is -2.68. The Kier molecular flexibility index (Phi) is 3.65. The Morgan fingerprint density at radius 1 is 0.714 bits per heavy atom. The zero-order valence-electron chi connectivity index (χ0n) is 11.9. The van der Waals surface area contributed by atoms with E-state index in [4.69, 9.17) is 0 Å². The average Bonchev–Trinajstić information content (AvgIpc) is 2.57. The molecule has 0 unspecified atom stereocenters. The van der Waals surface area contributed by atoms with Crippen molar-refractivity contribution >= 4 is 5.95 Å². The van der Waals surface area contributed by atoms with Crippen molar-refractivity contribution in [1.82, 2.24) is 9.97 Å². The quantitative estimate of drug-likeness (QED) is 0.786. The normalized spacial score (nSPS) is 11.1. The van der Waals surface area contributed by atoms with E-state index in [1.807, 2.05) is 42.5 Å². The summed E-state index contributed by atoms with van der Waals surface area (Å²) in [6.45, 7) is 2.15. The third kappa shape index (κ3) is 2.77. The molecule has 3 nitrogen and oxygen atoms in total. The lowest BCUT2D eigenvalue weighted by Gasteiger charge is -2.32. The minimum absolute atomic E-state index is 0.385. The fraction of sp³-hybridized carbons (Fsp3) is 0.111. The maximum atomic E-state index is 4.29. The van der Waals surface area contributed by atoms with E-state index >= 15 is 0 Å². The van der Waals surface area contributed by atoms with E-state index in [0.717, 1.165) is 0 Å². The Bertz CT molecular complexity index is 642. The van der Waals surface area contributed by atoms with E-state index in [9.17, 15) is 0 Å². The van der Waals surface area contributed by atoms with Crippen LogP contribution in [0.15, 0.2) is 79.1 Å². The molecular formula is C18H17N3. The SMILES string of the molecule is CC(Nc1ncccn1)(c1ccccc1)c1ccccc1. The van der Waals surface area contributed by atoms with Gasteiger partial charge in [0.15, 0.2) is 0 Å². The van der Waals surface area contributed by atoms with Gasteiger partial charge in [-0.1, -0.05) is 60.7 Å². The van der Waals surface area contributed by atoms with E-state index < -0.39 is 0 Å². The van der Waals surface area contributed by atoms with Crippen LogP contribution >= 0.6 is 0 Å². The molecule has 0 saturated heterocycles. The van der Waals surface area contributed by atoms with Gasteiger partial charge in [0, 0.05) is 12.4 Å². The maximum Gasteiger partial charge on any atom is 0.223 e. The number of rotatable bonds is 4. The number of benzene rings is 2. The van der Waals surface area contributed by atoms with E-state index in [1.54, 1.807) is 12.4 Å². The van der Waals surface area contributed by atoms with Crippen molar-refractivity contribution in [2.75, 3.05) is 5.32 Å². The van der Waals surface area contributed by atoms with Crippen LogP contribution in [0.1, 0.15) is 18.1 Å².